The molecule has 1 amide bonds. The zero-order chi connectivity index (χ0) is 23.2. The van der Waals surface area contributed by atoms with Gasteiger partial charge in [0.1, 0.15) is 0 Å². The maximum absolute atomic E-state index is 13.3. The highest BCUT2D eigenvalue weighted by Gasteiger charge is 2.29. The largest absolute Gasteiger partial charge is 0.493 e. The normalized spacial score (nSPS) is 14.2. The summed E-state index contributed by atoms with van der Waals surface area (Å²) in [5.41, 5.74) is 3.04. The Kier molecular flexibility index (Phi) is 7.15. The minimum absolute atomic E-state index is 0.0372. The molecule has 0 unspecified atom stereocenters. The maximum Gasteiger partial charge on any atom is 0.254 e. The van der Waals surface area contributed by atoms with E-state index in [9.17, 15) is 4.79 Å². The number of carbonyl (C=O) groups is 1. The monoisotopic (exact) mass is 446 g/mol. The van der Waals surface area contributed by atoms with Crippen molar-refractivity contribution < 1.29 is 19.0 Å². The Hall–Kier alpha value is -3.51. The van der Waals surface area contributed by atoms with Gasteiger partial charge in [-0.1, -0.05) is 60.7 Å². The van der Waals surface area contributed by atoms with Crippen molar-refractivity contribution in [2.75, 3.05) is 47.5 Å². The lowest BCUT2D eigenvalue weighted by atomic mass is 9.96. The number of hydrogen-bond donors (Lipinski definition) is 0. The van der Waals surface area contributed by atoms with Crippen LogP contribution in [-0.4, -0.2) is 63.2 Å². The number of methoxy groups -OCH3 is 3. The van der Waals surface area contributed by atoms with Crippen LogP contribution in [0, 0.1) is 0 Å². The van der Waals surface area contributed by atoms with Gasteiger partial charge < -0.3 is 19.1 Å². The van der Waals surface area contributed by atoms with Crippen molar-refractivity contribution in [1.29, 1.82) is 0 Å². The van der Waals surface area contributed by atoms with Crippen LogP contribution in [0.2, 0.25) is 0 Å². The molecule has 1 saturated heterocycles. The highest BCUT2D eigenvalue weighted by atomic mass is 16.5. The van der Waals surface area contributed by atoms with Crippen LogP contribution >= 0.6 is 0 Å². The number of rotatable bonds is 7. The first-order chi connectivity index (χ1) is 16.2. The number of hydrogen-bond acceptors (Lipinski definition) is 5. The molecule has 1 heterocycles. The van der Waals surface area contributed by atoms with E-state index >= 15 is 0 Å². The van der Waals surface area contributed by atoms with Gasteiger partial charge in [-0.25, -0.2) is 0 Å². The van der Waals surface area contributed by atoms with E-state index in [2.05, 4.69) is 53.4 Å². The van der Waals surface area contributed by atoms with E-state index in [1.165, 1.54) is 11.1 Å². The van der Waals surface area contributed by atoms with Gasteiger partial charge in [-0.15, -0.1) is 0 Å². The Labute approximate surface area is 195 Å². The summed E-state index contributed by atoms with van der Waals surface area (Å²) in [6.45, 7) is 2.85. The fraction of sp³-hybridized carbons (Fsp3) is 0.296. The molecule has 0 saturated carbocycles. The van der Waals surface area contributed by atoms with Gasteiger partial charge in [0.2, 0.25) is 5.75 Å². The van der Waals surface area contributed by atoms with Gasteiger partial charge in [0.15, 0.2) is 11.5 Å². The van der Waals surface area contributed by atoms with Crippen LogP contribution in [0.4, 0.5) is 0 Å². The molecule has 0 aliphatic carbocycles. The molecule has 6 nitrogen and oxygen atoms in total. The van der Waals surface area contributed by atoms with E-state index < -0.39 is 0 Å². The Morgan fingerprint density at radius 1 is 0.727 bits per heavy atom. The molecule has 1 fully saturated rings. The smallest absolute Gasteiger partial charge is 0.254 e. The summed E-state index contributed by atoms with van der Waals surface area (Å²) in [5.74, 6) is 1.40. The summed E-state index contributed by atoms with van der Waals surface area (Å²) in [6.07, 6.45) is 0. The number of ether oxygens (including phenoxy) is 3. The average Bonchev–Trinajstić information content (AvgIpc) is 2.89. The lowest BCUT2D eigenvalue weighted by molar-refractivity contribution is 0.0596. The van der Waals surface area contributed by atoms with Crippen molar-refractivity contribution in [1.82, 2.24) is 9.80 Å². The molecular formula is C27H30N2O4. The first-order valence-corrected chi connectivity index (χ1v) is 11.1. The van der Waals surface area contributed by atoms with Crippen LogP contribution in [0.3, 0.4) is 0 Å². The molecule has 4 rings (SSSR count). The summed E-state index contributed by atoms with van der Waals surface area (Å²) in [4.78, 5) is 17.6. The highest BCUT2D eigenvalue weighted by molar-refractivity contribution is 5.95. The molecule has 0 N–H and O–H groups in total. The second-order valence-electron chi connectivity index (χ2n) is 7.97. The van der Waals surface area contributed by atoms with Crippen LogP contribution in [0.25, 0.3) is 0 Å². The fourth-order valence-electron chi connectivity index (χ4n) is 4.46. The number of piperazine rings is 1. The summed E-state index contributed by atoms with van der Waals surface area (Å²) in [6, 6.07) is 24.7. The Balaban J connectivity index is 1.53. The zero-order valence-electron chi connectivity index (χ0n) is 19.4. The number of amides is 1. The van der Waals surface area contributed by atoms with Crippen LogP contribution < -0.4 is 14.2 Å². The van der Waals surface area contributed by atoms with Crippen molar-refractivity contribution in [3.8, 4) is 17.2 Å². The predicted molar refractivity (Wildman–Crippen MR) is 128 cm³/mol. The number of carbonyl (C=O) groups excluding carboxylic acids is 1. The van der Waals surface area contributed by atoms with E-state index in [0.717, 1.165) is 13.1 Å². The van der Waals surface area contributed by atoms with Crippen LogP contribution in [0.5, 0.6) is 17.2 Å². The Morgan fingerprint density at radius 2 is 1.21 bits per heavy atom. The van der Waals surface area contributed by atoms with Gasteiger partial charge >= 0.3 is 0 Å². The zero-order valence-corrected chi connectivity index (χ0v) is 19.4. The molecule has 0 spiro atoms. The lowest BCUT2D eigenvalue weighted by Gasteiger charge is -2.40. The molecule has 172 valence electrons. The minimum Gasteiger partial charge on any atom is -0.493 e. The minimum atomic E-state index is -0.0372. The second kappa shape index (κ2) is 10.4. The number of benzene rings is 3. The van der Waals surface area contributed by atoms with E-state index in [4.69, 9.17) is 14.2 Å². The summed E-state index contributed by atoms with van der Waals surface area (Å²) in [5, 5.41) is 0. The molecule has 1 aliphatic rings. The second-order valence-corrected chi connectivity index (χ2v) is 7.97. The predicted octanol–water partition coefficient (Wildman–Crippen LogP) is 4.26. The molecular weight excluding hydrogens is 416 g/mol. The lowest BCUT2D eigenvalue weighted by Crippen LogP contribution is -2.49. The molecule has 0 bridgehead atoms. The van der Waals surface area contributed by atoms with Crippen LogP contribution in [-0.2, 0) is 0 Å². The highest BCUT2D eigenvalue weighted by Crippen LogP contribution is 2.38. The van der Waals surface area contributed by atoms with Crippen LogP contribution in [0.1, 0.15) is 27.5 Å². The van der Waals surface area contributed by atoms with E-state index in [1.807, 2.05) is 17.0 Å². The first kappa shape index (κ1) is 22.7. The third-order valence-corrected chi connectivity index (χ3v) is 6.11. The van der Waals surface area contributed by atoms with Gasteiger partial charge in [0.25, 0.3) is 5.91 Å². The van der Waals surface area contributed by atoms with Gasteiger partial charge in [0, 0.05) is 31.7 Å². The Bertz CT molecular complexity index is 999. The number of nitrogens with zero attached hydrogens (tertiary/aromatic N) is 2. The SMILES string of the molecule is COc1cc(C(=O)N2CCN(C(c3ccccc3)c3ccccc3)CC2)cc(OC)c1OC. The molecule has 0 atom stereocenters. The third-order valence-electron chi connectivity index (χ3n) is 6.11. The molecule has 6 heteroatoms. The first-order valence-electron chi connectivity index (χ1n) is 11.1. The van der Waals surface area contributed by atoms with Crippen molar-refractivity contribution in [3.05, 3.63) is 89.5 Å². The quantitative estimate of drug-likeness (QED) is 0.543. The fourth-order valence-corrected chi connectivity index (χ4v) is 4.46. The summed E-state index contributed by atoms with van der Waals surface area (Å²) in [7, 11) is 4.66. The standard InChI is InChI=1S/C27H30N2O4/c1-31-23-18-22(19-24(32-2)26(23)33-3)27(30)29-16-14-28(15-17-29)25(20-10-6-4-7-11-20)21-12-8-5-9-13-21/h4-13,18-19,25H,14-17H2,1-3H3. The molecule has 3 aromatic carbocycles. The van der Waals surface area contributed by atoms with Gasteiger partial charge in [-0.2, -0.15) is 0 Å². The van der Waals surface area contributed by atoms with E-state index in [0.29, 0.717) is 35.9 Å². The van der Waals surface area contributed by atoms with E-state index in [-0.39, 0.29) is 11.9 Å². The molecule has 0 radical (unpaired) electrons. The molecule has 33 heavy (non-hydrogen) atoms. The van der Waals surface area contributed by atoms with Gasteiger partial charge in [-0.05, 0) is 23.3 Å². The molecule has 0 aromatic heterocycles. The summed E-state index contributed by atoms with van der Waals surface area (Å²) >= 11 is 0. The van der Waals surface area contributed by atoms with Crippen LogP contribution in [0.15, 0.2) is 72.8 Å². The van der Waals surface area contributed by atoms with Gasteiger partial charge in [0.05, 0.1) is 27.4 Å². The van der Waals surface area contributed by atoms with Crippen molar-refractivity contribution in [2.24, 2.45) is 0 Å². The Morgan fingerprint density at radius 3 is 1.64 bits per heavy atom. The third kappa shape index (κ3) is 4.81. The van der Waals surface area contributed by atoms with E-state index in [1.54, 1.807) is 33.5 Å². The van der Waals surface area contributed by atoms with Crippen molar-refractivity contribution >= 4 is 5.91 Å². The topological polar surface area (TPSA) is 51.2 Å². The summed E-state index contributed by atoms with van der Waals surface area (Å²) < 4.78 is 16.2. The molecule has 1 aliphatic heterocycles. The van der Waals surface area contributed by atoms with Crippen molar-refractivity contribution in [2.45, 2.75) is 6.04 Å². The molecule has 3 aromatic rings. The van der Waals surface area contributed by atoms with Gasteiger partial charge in [-0.3, -0.25) is 9.69 Å². The van der Waals surface area contributed by atoms with Crippen molar-refractivity contribution in [3.63, 3.8) is 0 Å². The average molecular weight is 447 g/mol. The maximum atomic E-state index is 13.3.